The van der Waals surface area contributed by atoms with Crippen molar-refractivity contribution >= 4 is 11.9 Å². The van der Waals surface area contributed by atoms with Crippen LogP contribution in [0.5, 0.6) is 0 Å². The van der Waals surface area contributed by atoms with E-state index >= 15 is 0 Å². The minimum Gasteiger partial charge on any atom is -0.481 e. The Morgan fingerprint density at radius 2 is 1.96 bits per heavy atom. The van der Waals surface area contributed by atoms with E-state index in [1.165, 1.54) is 0 Å². The van der Waals surface area contributed by atoms with Crippen LogP contribution in [0.1, 0.15) is 46.4 Å². The van der Waals surface area contributed by atoms with Gasteiger partial charge in [-0.3, -0.25) is 14.3 Å². The number of carbonyl (C=O) groups is 2. The lowest BCUT2D eigenvalue weighted by molar-refractivity contribution is -0.141. The quantitative estimate of drug-likeness (QED) is 0.895. The Morgan fingerprint density at radius 3 is 2.62 bits per heavy atom. The second kappa shape index (κ2) is 7.32. The summed E-state index contributed by atoms with van der Waals surface area (Å²) >= 11 is 0. The van der Waals surface area contributed by atoms with Crippen LogP contribution in [-0.2, 0) is 11.3 Å². The average Bonchev–Trinajstić information content (AvgIpc) is 3.19. The van der Waals surface area contributed by atoms with Crippen LogP contribution >= 0.6 is 0 Å². The molecular formula is C20H25N3O3. The van der Waals surface area contributed by atoms with Crippen LogP contribution in [-0.4, -0.2) is 44.8 Å². The lowest BCUT2D eigenvalue weighted by atomic mass is 9.86. The van der Waals surface area contributed by atoms with E-state index < -0.39 is 11.9 Å². The predicted molar refractivity (Wildman–Crippen MR) is 98.2 cm³/mol. The van der Waals surface area contributed by atoms with E-state index in [0.29, 0.717) is 17.8 Å². The molecule has 3 rings (SSSR count). The third kappa shape index (κ3) is 3.36. The first-order valence-corrected chi connectivity index (χ1v) is 9.04. The highest BCUT2D eigenvalue weighted by molar-refractivity contribution is 5.95. The molecule has 0 radical (unpaired) electrons. The molecule has 0 spiro atoms. The molecule has 2 aromatic rings. The normalized spacial score (nSPS) is 19.7. The Morgan fingerprint density at radius 1 is 1.23 bits per heavy atom. The number of likely N-dealkylation sites (tertiary alicyclic amines) is 1. The highest BCUT2D eigenvalue weighted by Gasteiger charge is 2.41. The standard InChI is InChI=1S/C20H25N3O3/c1-4-9-23-12-16(14(3)21-23)19(24)22-10-17(18(11-22)20(25)26)15-8-6-5-7-13(15)2/h5-8,12,17-18H,4,9-11H2,1-3H3,(H,25,26)/t17-,18+/m0/s1. The molecule has 0 unspecified atom stereocenters. The predicted octanol–water partition coefficient (Wildman–Crippen LogP) is 2.85. The summed E-state index contributed by atoms with van der Waals surface area (Å²) in [5.74, 6) is -1.77. The summed E-state index contributed by atoms with van der Waals surface area (Å²) in [5.41, 5.74) is 3.32. The maximum absolute atomic E-state index is 13.0. The fraction of sp³-hybridized carbons (Fsp3) is 0.450. The third-order valence-corrected chi connectivity index (χ3v) is 5.14. The van der Waals surface area contributed by atoms with Crippen LogP contribution < -0.4 is 0 Å². The maximum atomic E-state index is 13.0. The number of benzene rings is 1. The number of hydrogen-bond donors (Lipinski definition) is 1. The van der Waals surface area contributed by atoms with E-state index in [1.54, 1.807) is 15.8 Å². The van der Waals surface area contributed by atoms with Crippen LogP contribution in [0.15, 0.2) is 30.5 Å². The van der Waals surface area contributed by atoms with Gasteiger partial charge in [-0.05, 0) is 31.4 Å². The fourth-order valence-electron chi connectivity index (χ4n) is 3.78. The van der Waals surface area contributed by atoms with E-state index in [2.05, 4.69) is 12.0 Å². The molecule has 26 heavy (non-hydrogen) atoms. The van der Waals surface area contributed by atoms with Crippen molar-refractivity contribution in [2.75, 3.05) is 13.1 Å². The average molecular weight is 355 g/mol. The van der Waals surface area contributed by atoms with Gasteiger partial charge in [-0.25, -0.2) is 0 Å². The molecule has 0 saturated carbocycles. The Balaban J connectivity index is 1.87. The van der Waals surface area contributed by atoms with Gasteiger partial charge in [0.15, 0.2) is 0 Å². The van der Waals surface area contributed by atoms with Crippen molar-refractivity contribution in [2.24, 2.45) is 5.92 Å². The molecule has 1 saturated heterocycles. The molecule has 1 aliphatic heterocycles. The molecule has 2 heterocycles. The first-order chi connectivity index (χ1) is 12.4. The molecule has 138 valence electrons. The number of nitrogens with zero attached hydrogens (tertiary/aromatic N) is 3. The number of aromatic nitrogens is 2. The largest absolute Gasteiger partial charge is 0.481 e. The highest BCUT2D eigenvalue weighted by atomic mass is 16.4. The second-order valence-electron chi connectivity index (χ2n) is 7.01. The van der Waals surface area contributed by atoms with Gasteiger partial charge in [-0.2, -0.15) is 5.10 Å². The van der Waals surface area contributed by atoms with Gasteiger partial charge in [-0.15, -0.1) is 0 Å². The molecule has 1 aromatic heterocycles. The molecule has 1 fully saturated rings. The smallest absolute Gasteiger partial charge is 0.308 e. The Labute approximate surface area is 153 Å². The zero-order valence-electron chi connectivity index (χ0n) is 15.5. The number of amides is 1. The third-order valence-electron chi connectivity index (χ3n) is 5.14. The van der Waals surface area contributed by atoms with E-state index in [9.17, 15) is 14.7 Å². The number of aryl methyl sites for hydroxylation is 3. The summed E-state index contributed by atoms with van der Waals surface area (Å²) in [6, 6.07) is 7.81. The van der Waals surface area contributed by atoms with E-state index in [0.717, 1.165) is 24.1 Å². The first kappa shape index (κ1) is 18.2. The molecule has 1 aromatic carbocycles. The second-order valence-corrected chi connectivity index (χ2v) is 7.01. The zero-order valence-corrected chi connectivity index (χ0v) is 15.5. The van der Waals surface area contributed by atoms with Crippen molar-refractivity contribution in [3.8, 4) is 0 Å². The lowest BCUT2D eigenvalue weighted by Crippen LogP contribution is -2.30. The SMILES string of the molecule is CCCn1cc(C(=O)N2C[C@@H](C(=O)O)[C@H](c3ccccc3C)C2)c(C)n1. The van der Waals surface area contributed by atoms with Crippen molar-refractivity contribution in [1.82, 2.24) is 14.7 Å². The summed E-state index contributed by atoms with van der Waals surface area (Å²) in [5, 5.41) is 14.1. The van der Waals surface area contributed by atoms with Gasteiger partial charge in [-0.1, -0.05) is 31.2 Å². The Bertz CT molecular complexity index is 827. The van der Waals surface area contributed by atoms with Gasteiger partial charge in [0.1, 0.15) is 0 Å². The van der Waals surface area contributed by atoms with E-state index in [-0.39, 0.29) is 18.4 Å². The summed E-state index contributed by atoms with van der Waals surface area (Å²) in [6.07, 6.45) is 2.72. The van der Waals surface area contributed by atoms with Crippen LogP contribution in [0.3, 0.4) is 0 Å². The number of rotatable bonds is 5. The summed E-state index contributed by atoms with van der Waals surface area (Å²) in [7, 11) is 0. The molecule has 0 aliphatic carbocycles. The molecule has 6 heteroatoms. The van der Waals surface area contributed by atoms with Gasteiger partial charge in [0.05, 0.1) is 17.2 Å². The monoisotopic (exact) mass is 355 g/mol. The number of aliphatic carboxylic acids is 1. The van der Waals surface area contributed by atoms with Gasteiger partial charge in [0.25, 0.3) is 5.91 Å². The molecular weight excluding hydrogens is 330 g/mol. The molecule has 2 atom stereocenters. The summed E-state index contributed by atoms with van der Waals surface area (Å²) in [6.45, 7) is 7.27. The van der Waals surface area contributed by atoms with Crippen LogP contribution in [0.25, 0.3) is 0 Å². The number of carboxylic acids is 1. The van der Waals surface area contributed by atoms with Gasteiger partial charge >= 0.3 is 5.97 Å². The molecule has 6 nitrogen and oxygen atoms in total. The van der Waals surface area contributed by atoms with E-state index in [4.69, 9.17) is 0 Å². The van der Waals surface area contributed by atoms with Gasteiger partial charge < -0.3 is 10.0 Å². The maximum Gasteiger partial charge on any atom is 0.308 e. The van der Waals surface area contributed by atoms with Crippen molar-refractivity contribution in [3.05, 3.63) is 52.8 Å². The Hall–Kier alpha value is -2.63. The lowest BCUT2D eigenvalue weighted by Gasteiger charge is -2.17. The fourth-order valence-corrected chi connectivity index (χ4v) is 3.78. The highest BCUT2D eigenvalue weighted by Crippen LogP contribution is 2.35. The van der Waals surface area contributed by atoms with Gasteiger partial charge in [0, 0.05) is 31.7 Å². The van der Waals surface area contributed by atoms with Crippen molar-refractivity contribution in [2.45, 2.75) is 39.7 Å². The van der Waals surface area contributed by atoms with Crippen molar-refractivity contribution in [1.29, 1.82) is 0 Å². The minimum absolute atomic E-state index is 0.132. The molecule has 0 bridgehead atoms. The Kier molecular flexibility index (Phi) is 5.11. The summed E-state index contributed by atoms with van der Waals surface area (Å²) < 4.78 is 1.78. The van der Waals surface area contributed by atoms with Gasteiger partial charge in [0.2, 0.25) is 0 Å². The van der Waals surface area contributed by atoms with E-state index in [1.807, 2.05) is 38.1 Å². The zero-order chi connectivity index (χ0) is 18.8. The molecule has 1 aliphatic rings. The van der Waals surface area contributed by atoms with Crippen LogP contribution in [0.4, 0.5) is 0 Å². The number of hydrogen-bond acceptors (Lipinski definition) is 3. The van der Waals surface area contributed by atoms with Crippen LogP contribution in [0.2, 0.25) is 0 Å². The number of carbonyl (C=O) groups excluding carboxylic acids is 1. The summed E-state index contributed by atoms with van der Waals surface area (Å²) in [4.78, 5) is 26.5. The van der Waals surface area contributed by atoms with Crippen LogP contribution in [0, 0.1) is 19.8 Å². The molecule has 1 N–H and O–H groups in total. The minimum atomic E-state index is -0.855. The van der Waals surface area contributed by atoms with Crippen molar-refractivity contribution in [3.63, 3.8) is 0 Å². The first-order valence-electron chi connectivity index (χ1n) is 9.04. The topological polar surface area (TPSA) is 75.4 Å². The number of carboxylic acid groups (broad SMARTS) is 1. The molecule has 1 amide bonds. The van der Waals surface area contributed by atoms with Crippen molar-refractivity contribution < 1.29 is 14.7 Å².